The lowest BCUT2D eigenvalue weighted by Gasteiger charge is -2.20. The second kappa shape index (κ2) is 5.24. The fourth-order valence-corrected chi connectivity index (χ4v) is 1.67. The second-order valence-electron chi connectivity index (χ2n) is 3.84. The van der Waals surface area contributed by atoms with Crippen molar-refractivity contribution in [2.75, 3.05) is 0 Å². The molecular formula is C12H18FNO. The van der Waals surface area contributed by atoms with Crippen LogP contribution in [-0.4, -0.2) is 11.2 Å². The van der Waals surface area contributed by atoms with Crippen LogP contribution in [0.3, 0.4) is 0 Å². The van der Waals surface area contributed by atoms with Gasteiger partial charge in [0, 0.05) is 0 Å². The van der Waals surface area contributed by atoms with E-state index in [1.165, 1.54) is 6.07 Å². The first kappa shape index (κ1) is 12.1. The van der Waals surface area contributed by atoms with Crippen molar-refractivity contribution in [3.8, 4) is 0 Å². The minimum Gasteiger partial charge on any atom is -0.391 e. The highest BCUT2D eigenvalue weighted by Crippen LogP contribution is 2.22. The van der Waals surface area contributed by atoms with E-state index in [0.29, 0.717) is 17.5 Å². The van der Waals surface area contributed by atoms with Gasteiger partial charge >= 0.3 is 0 Å². The van der Waals surface area contributed by atoms with Gasteiger partial charge in [0.2, 0.25) is 0 Å². The van der Waals surface area contributed by atoms with E-state index >= 15 is 0 Å². The van der Waals surface area contributed by atoms with Crippen LogP contribution >= 0.6 is 0 Å². The number of nitrogens with two attached hydrogens (primary N) is 1. The summed E-state index contributed by atoms with van der Waals surface area (Å²) in [6, 6.07) is 4.29. The van der Waals surface area contributed by atoms with Gasteiger partial charge in [-0.2, -0.15) is 0 Å². The number of halogens is 1. The molecule has 0 spiro atoms. The van der Waals surface area contributed by atoms with Gasteiger partial charge in [0.15, 0.2) is 0 Å². The summed E-state index contributed by atoms with van der Waals surface area (Å²) in [5.74, 6) is -0.272. The lowest BCUT2D eigenvalue weighted by molar-refractivity contribution is 0.134. The Morgan fingerprint density at radius 3 is 2.73 bits per heavy atom. The minimum atomic E-state index is -0.601. The highest BCUT2D eigenvalue weighted by Gasteiger charge is 2.18. The first-order chi connectivity index (χ1) is 7.07. The molecule has 3 N–H and O–H groups in total. The molecule has 1 aromatic rings. The Balaban J connectivity index is 2.90. The number of rotatable bonds is 4. The van der Waals surface area contributed by atoms with Crippen LogP contribution in [0.4, 0.5) is 4.39 Å². The average molecular weight is 211 g/mol. The molecule has 0 aliphatic rings. The molecule has 0 fully saturated rings. The summed E-state index contributed by atoms with van der Waals surface area (Å²) in [6.07, 6.45) is 0.899. The predicted molar refractivity (Wildman–Crippen MR) is 59.0 cm³/mol. The highest BCUT2D eigenvalue weighted by molar-refractivity contribution is 5.30. The van der Waals surface area contributed by atoms with E-state index in [0.717, 1.165) is 6.42 Å². The molecule has 3 heteroatoms. The second-order valence-corrected chi connectivity index (χ2v) is 3.84. The summed E-state index contributed by atoms with van der Waals surface area (Å²) in [4.78, 5) is 0. The maximum atomic E-state index is 13.3. The maximum absolute atomic E-state index is 13.3. The summed E-state index contributed by atoms with van der Waals surface area (Å²) in [6.45, 7) is 3.66. The SMILES string of the molecule is CCC[C@@H](O)[C@@H](N)c1cccc(F)c1C. The van der Waals surface area contributed by atoms with Gasteiger partial charge in [-0.05, 0) is 30.5 Å². The highest BCUT2D eigenvalue weighted by atomic mass is 19.1. The number of hydrogen-bond donors (Lipinski definition) is 2. The summed E-state index contributed by atoms with van der Waals surface area (Å²) in [7, 11) is 0. The molecule has 0 saturated carbocycles. The number of benzene rings is 1. The Kier molecular flexibility index (Phi) is 4.24. The topological polar surface area (TPSA) is 46.2 Å². The fourth-order valence-electron chi connectivity index (χ4n) is 1.67. The van der Waals surface area contributed by atoms with Gasteiger partial charge in [-0.3, -0.25) is 0 Å². The lowest BCUT2D eigenvalue weighted by Crippen LogP contribution is -2.26. The van der Waals surface area contributed by atoms with Gasteiger partial charge in [-0.15, -0.1) is 0 Å². The zero-order valence-electron chi connectivity index (χ0n) is 9.20. The van der Waals surface area contributed by atoms with E-state index in [1.807, 2.05) is 6.92 Å². The zero-order valence-corrected chi connectivity index (χ0v) is 9.20. The van der Waals surface area contributed by atoms with Crippen molar-refractivity contribution >= 4 is 0 Å². The normalized spacial score (nSPS) is 15.0. The molecule has 1 rings (SSSR count). The quantitative estimate of drug-likeness (QED) is 0.802. The molecule has 2 nitrogen and oxygen atoms in total. The third-order valence-electron chi connectivity index (χ3n) is 2.67. The third-order valence-corrected chi connectivity index (χ3v) is 2.67. The first-order valence-electron chi connectivity index (χ1n) is 5.26. The maximum Gasteiger partial charge on any atom is 0.126 e. The Morgan fingerprint density at radius 1 is 1.47 bits per heavy atom. The molecule has 1 aromatic carbocycles. The Bertz CT molecular complexity index is 327. The van der Waals surface area contributed by atoms with Crippen LogP contribution in [0.1, 0.15) is 36.9 Å². The van der Waals surface area contributed by atoms with E-state index in [4.69, 9.17) is 5.73 Å². The summed E-state index contributed by atoms with van der Waals surface area (Å²) >= 11 is 0. The molecule has 2 atom stereocenters. The Hall–Kier alpha value is -0.930. The van der Waals surface area contributed by atoms with Gasteiger partial charge < -0.3 is 10.8 Å². The van der Waals surface area contributed by atoms with Crippen molar-refractivity contribution in [2.24, 2.45) is 5.73 Å². The number of aliphatic hydroxyl groups excluding tert-OH is 1. The molecular weight excluding hydrogens is 193 g/mol. The fraction of sp³-hybridized carbons (Fsp3) is 0.500. The molecule has 0 heterocycles. The van der Waals surface area contributed by atoms with Crippen molar-refractivity contribution in [3.05, 3.63) is 35.1 Å². The van der Waals surface area contributed by atoms with Crippen molar-refractivity contribution in [1.29, 1.82) is 0 Å². The number of aliphatic hydroxyl groups is 1. The van der Waals surface area contributed by atoms with Gasteiger partial charge in [0.25, 0.3) is 0 Å². The molecule has 0 aliphatic carbocycles. The number of hydrogen-bond acceptors (Lipinski definition) is 2. The molecule has 0 aromatic heterocycles. The lowest BCUT2D eigenvalue weighted by atomic mass is 9.95. The molecule has 0 unspecified atom stereocenters. The van der Waals surface area contributed by atoms with Crippen molar-refractivity contribution < 1.29 is 9.50 Å². The first-order valence-corrected chi connectivity index (χ1v) is 5.26. The third kappa shape index (κ3) is 2.76. The van der Waals surface area contributed by atoms with Crippen LogP contribution in [-0.2, 0) is 0 Å². The molecule has 84 valence electrons. The predicted octanol–water partition coefficient (Wildman–Crippen LogP) is 2.29. The summed E-state index contributed by atoms with van der Waals surface area (Å²) in [5.41, 5.74) is 7.10. The largest absolute Gasteiger partial charge is 0.391 e. The smallest absolute Gasteiger partial charge is 0.126 e. The Morgan fingerprint density at radius 2 is 2.13 bits per heavy atom. The van der Waals surface area contributed by atoms with E-state index in [1.54, 1.807) is 19.1 Å². The van der Waals surface area contributed by atoms with Gasteiger partial charge in [0.05, 0.1) is 12.1 Å². The summed E-state index contributed by atoms with van der Waals surface area (Å²) in [5, 5.41) is 9.74. The average Bonchev–Trinajstić information content (AvgIpc) is 2.21. The van der Waals surface area contributed by atoms with Gasteiger partial charge in [-0.25, -0.2) is 4.39 Å². The standard InChI is InChI=1S/C12H18FNO/c1-3-5-11(15)12(14)9-6-4-7-10(13)8(9)2/h4,6-7,11-12,15H,3,5,14H2,1-2H3/t11-,12+/m1/s1. The molecule has 0 radical (unpaired) electrons. The van der Waals surface area contributed by atoms with Crippen LogP contribution in [0, 0.1) is 12.7 Å². The van der Waals surface area contributed by atoms with Crippen molar-refractivity contribution in [3.63, 3.8) is 0 Å². The monoisotopic (exact) mass is 211 g/mol. The Labute approximate surface area is 89.9 Å². The van der Waals surface area contributed by atoms with Gasteiger partial charge in [-0.1, -0.05) is 25.5 Å². The molecule has 15 heavy (non-hydrogen) atoms. The van der Waals surface area contributed by atoms with E-state index in [9.17, 15) is 9.50 Å². The van der Waals surface area contributed by atoms with Gasteiger partial charge in [0.1, 0.15) is 5.82 Å². The van der Waals surface area contributed by atoms with E-state index in [-0.39, 0.29) is 5.82 Å². The molecule has 0 aliphatic heterocycles. The molecule has 0 amide bonds. The van der Waals surface area contributed by atoms with Crippen LogP contribution < -0.4 is 5.73 Å². The van der Waals surface area contributed by atoms with Crippen LogP contribution in [0.15, 0.2) is 18.2 Å². The minimum absolute atomic E-state index is 0.272. The molecule has 0 bridgehead atoms. The van der Waals surface area contributed by atoms with Crippen molar-refractivity contribution in [1.82, 2.24) is 0 Å². The van der Waals surface area contributed by atoms with Crippen LogP contribution in [0.2, 0.25) is 0 Å². The summed E-state index contributed by atoms with van der Waals surface area (Å²) < 4.78 is 13.3. The van der Waals surface area contributed by atoms with Crippen LogP contribution in [0.5, 0.6) is 0 Å². The van der Waals surface area contributed by atoms with Crippen molar-refractivity contribution in [2.45, 2.75) is 38.8 Å². The zero-order chi connectivity index (χ0) is 11.4. The molecule has 0 saturated heterocycles. The van der Waals surface area contributed by atoms with Crippen LogP contribution in [0.25, 0.3) is 0 Å². The van der Waals surface area contributed by atoms with E-state index < -0.39 is 12.1 Å². The van der Waals surface area contributed by atoms with E-state index in [2.05, 4.69) is 0 Å².